The lowest BCUT2D eigenvalue weighted by atomic mass is 10.0. The maximum Gasteiger partial charge on any atom is 0.238 e. The number of carbonyl (C=O) groups excluding carboxylic acids is 1. The largest absolute Gasteiger partial charge is 0.355 e. The van der Waals surface area contributed by atoms with Crippen LogP contribution in [0, 0.1) is 5.92 Å². The Balaban J connectivity index is 1.57. The summed E-state index contributed by atoms with van der Waals surface area (Å²) in [5, 5.41) is 6.03. The number of nitrogens with one attached hydrogen (secondary N) is 2. The summed E-state index contributed by atoms with van der Waals surface area (Å²) in [5.74, 6) is 2.73. The molecule has 0 aliphatic carbocycles. The average molecular weight is 292 g/mol. The van der Waals surface area contributed by atoms with E-state index >= 15 is 0 Å². The SMILES string of the molecule is O=C(NCCCC1CCS(=O)(=O)C1)C1CSCN1. The lowest BCUT2D eigenvalue weighted by Gasteiger charge is -2.11. The van der Waals surface area contributed by atoms with Crippen LogP contribution < -0.4 is 10.6 Å². The molecule has 5 nitrogen and oxygen atoms in total. The maximum atomic E-state index is 11.7. The zero-order valence-corrected chi connectivity index (χ0v) is 12.0. The van der Waals surface area contributed by atoms with Crippen LogP contribution in [0.3, 0.4) is 0 Å². The molecule has 2 fully saturated rings. The molecule has 1 amide bonds. The van der Waals surface area contributed by atoms with Crippen LogP contribution in [0.4, 0.5) is 0 Å². The molecule has 18 heavy (non-hydrogen) atoms. The van der Waals surface area contributed by atoms with Gasteiger partial charge in [0, 0.05) is 18.2 Å². The highest BCUT2D eigenvalue weighted by Gasteiger charge is 2.27. The van der Waals surface area contributed by atoms with Crippen LogP contribution in [0.1, 0.15) is 19.3 Å². The van der Waals surface area contributed by atoms with Gasteiger partial charge in [-0.25, -0.2) is 8.42 Å². The van der Waals surface area contributed by atoms with E-state index in [1.54, 1.807) is 11.8 Å². The smallest absolute Gasteiger partial charge is 0.238 e. The first-order valence-corrected chi connectivity index (χ1v) is 9.34. The summed E-state index contributed by atoms with van der Waals surface area (Å²) in [6.45, 7) is 0.651. The van der Waals surface area contributed by atoms with Gasteiger partial charge >= 0.3 is 0 Å². The molecule has 0 saturated carbocycles. The van der Waals surface area contributed by atoms with Crippen LogP contribution >= 0.6 is 11.8 Å². The minimum Gasteiger partial charge on any atom is -0.355 e. The zero-order chi connectivity index (χ0) is 13.0. The highest BCUT2D eigenvalue weighted by atomic mass is 32.2. The molecule has 0 radical (unpaired) electrons. The third-order valence-corrected chi connectivity index (χ3v) is 6.22. The minimum atomic E-state index is -2.76. The molecule has 2 aliphatic heterocycles. The standard InChI is InChI=1S/C11H20N2O3S2/c14-11(10-6-17-8-13-10)12-4-1-2-9-3-5-18(15,16)7-9/h9-10,13H,1-8H2,(H,12,14). The summed E-state index contributed by atoms with van der Waals surface area (Å²) in [6.07, 6.45) is 2.55. The van der Waals surface area contributed by atoms with Gasteiger partial charge in [-0.05, 0) is 25.2 Å². The van der Waals surface area contributed by atoms with E-state index in [9.17, 15) is 13.2 Å². The van der Waals surface area contributed by atoms with Gasteiger partial charge in [0.25, 0.3) is 0 Å². The van der Waals surface area contributed by atoms with Gasteiger partial charge < -0.3 is 5.32 Å². The number of hydrogen-bond acceptors (Lipinski definition) is 5. The Morgan fingerprint density at radius 2 is 2.28 bits per heavy atom. The molecule has 2 N–H and O–H groups in total. The Kier molecular flexibility index (Phi) is 4.91. The van der Waals surface area contributed by atoms with Crippen molar-refractivity contribution >= 4 is 27.5 Å². The van der Waals surface area contributed by atoms with Crippen molar-refractivity contribution < 1.29 is 13.2 Å². The molecule has 2 saturated heterocycles. The van der Waals surface area contributed by atoms with E-state index in [2.05, 4.69) is 10.6 Å². The van der Waals surface area contributed by atoms with E-state index < -0.39 is 9.84 Å². The Morgan fingerprint density at radius 3 is 2.89 bits per heavy atom. The fourth-order valence-electron chi connectivity index (χ4n) is 2.39. The van der Waals surface area contributed by atoms with Gasteiger partial charge in [-0.3, -0.25) is 10.1 Å². The van der Waals surface area contributed by atoms with Crippen molar-refractivity contribution in [3.05, 3.63) is 0 Å². The highest BCUT2D eigenvalue weighted by molar-refractivity contribution is 7.99. The van der Waals surface area contributed by atoms with Gasteiger partial charge in [-0.2, -0.15) is 0 Å². The van der Waals surface area contributed by atoms with E-state index in [4.69, 9.17) is 0 Å². The molecule has 2 atom stereocenters. The second-order valence-electron chi connectivity index (χ2n) is 4.97. The number of thioether (sulfide) groups is 1. The fourth-order valence-corrected chi connectivity index (χ4v) is 5.24. The summed E-state index contributed by atoms with van der Waals surface area (Å²) in [6, 6.07) is -0.0538. The number of amides is 1. The quantitative estimate of drug-likeness (QED) is 0.697. The van der Waals surface area contributed by atoms with Crippen LogP contribution in [0.15, 0.2) is 0 Å². The first-order valence-electron chi connectivity index (χ1n) is 6.36. The van der Waals surface area contributed by atoms with E-state index in [0.29, 0.717) is 24.0 Å². The van der Waals surface area contributed by atoms with E-state index in [-0.39, 0.29) is 11.9 Å². The molecule has 0 spiro atoms. The normalized spacial score (nSPS) is 30.4. The predicted octanol–water partition coefficient (Wildman–Crippen LogP) is -0.0200. The summed E-state index contributed by atoms with van der Waals surface area (Å²) in [7, 11) is -2.76. The predicted molar refractivity (Wildman–Crippen MR) is 73.3 cm³/mol. The van der Waals surface area contributed by atoms with E-state index in [0.717, 1.165) is 30.9 Å². The molecule has 0 aromatic rings. The highest BCUT2D eigenvalue weighted by Crippen LogP contribution is 2.22. The Hall–Kier alpha value is -0.270. The molecule has 104 valence electrons. The van der Waals surface area contributed by atoms with Gasteiger partial charge in [0.15, 0.2) is 9.84 Å². The minimum absolute atomic E-state index is 0.0538. The fraction of sp³-hybridized carbons (Fsp3) is 0.909. The van der Waals surface area contributed by atoms with Crippen molar-refractivity contribution in [2.75, 3.05) is 29.7 Å². The number of carbonyl (C=O) groups is 1. The second-order valence-corrected chi connectivity index (χ2v) is 8.23. The second kappa shape index (κ2) is 6.25. The van der Waals surface area contributed by atoms with Crippen LogP contribution in [0.2, 0.25) is 0 Å². The van der Waals surface area contributed by atoms with E-state index in [1.807, 2.05) is 0 Å². The first-order chi connectivity index (χ1) is 8.57. The lowest BCUT2D eigenvalue weighted by molar-refractivity contribution is -0.122. The van der Waals surface area contributed by atoms with Crippen molar-refractivity contribution in [3.63, 3.8) is 0 Å². The van der Waals surface area contributed by atoms with E-state index in [1.165, 1.54) is 0 Å². The van der Waals surface area contributed by atoms with Crippen molar-refractivity contribution in [2.45, 2.75) is 25.3 Å². The third kappa shape index (κ3) is 4.13. The molecule has 2 unspecified atom stereocenters. The van der Waals surface area contributed by atoms with Crippen LogP contribution in [0.5, 0.6) is 0 Å². The van der Waals surface area contributed by atoms with Gasteiger partial charge in [0.2, 0.25) is 5.91 Å². The first kappa shape index (κ1) is 14.1. The van der Waals surface area contributed by atoms with Gasteiger partial charge in [-0.1, -0.05) is 0 Å². The average Bonchev–Trinajstić information content (AvgIpc) is 2.93. The van der Waals surface area contributed by atoms with Crippen molar-refractivity contribution in [1.29, 1.82) is 0 Å². The van der Waals surface area contributed by atoms with Crippen molar-refractivity contribution in [3.8, 4) is 0 Å². The Labute approximate surface area is 112 Å². The summed E-state index contributed by atoms with van der Waals surface area (Å²) >= 11 is 1.73. The zero-order valence-electron chi connectivity index (χ0n) is 10.4. The molecule has 7 heteroatoms. The monoisotopic (exact) mass is 292 g/mol. The molecular formula is C11H20N2O3S2. The summed E-state index contributed by atoms with van der Waals surface area (Å²) in [5.41, 5.74) is 0. The van der Waals surface area contributed by atoms with Crippen LogP contribution in [-0.4, -0.2) is 50.0 Å². The lowest BCUT2D eigenvalue weighted by Crippen LogP contribution is -2.42. The summed E-state index contributed by atoms with van der Waals surface area (Å²) in [4.78, 5) is 11.7. The Bertz CT molecular complexity index is 391. The number of hydrogen-bond donors (Lipinski definition) is 2. The Morgan fingerprint density at radius 1 is 1.44 bits per heavy atom. The van der Waals surface area contributed by atoms with Gasteiger partial charge in [0.05, 0.1) is 17.5 Å². The van der Waals surface area contributed by atoms with Crippen molar-refractivity contribution in [1.82, 2.24) is 10.6 Å². The molecule has 2 aliphatic rings. The summed E-state index contributed by atoms with van der Waals surface area (Å²) < 4.78 is 22.6. The topological polar surface area (TPSA) is 75.3 Å². The van der Waals surface area contributed by atoms with Gasteiger partial charge in [0.1, 0.15) is 0 Å². The number of rotatable bonds is 5. The van der Waals surface area contributed by atoms with Crippen molar-refractivity contribution in [2.24, 2.45) is 5.92 Å². The molecule has 0 bridgehead atoms. The number of sulfone groups is 1. The molecular weight excluding hydrogens is 272 g/mol. The molecule has 2 rings (SSSR count). The molecule has 0 aromatic carbocycles. The molecule has 2 heterocycles. The maximum absolute atomic E-state index is 11.7. The third-order valence-electron chi connectivity index (χ3n) is 3.45. The van der Waals surface area contributed by atoms with Crippen LogP contribution in [-0.2, 0) is 14.6 Å². The molecule has 0 aromatic heterocycles. The van der Waals surface area contributed by atoms with Gasteiger partial charge in [-0.15, -0.1) is 11.8 Å². The van der Waals surface area contributed by atoms with Crippen LogP contribution in [0.25, 0.3) is 0 Å².